The molecule has 1 N–H and O–H groups in total. The fraction of sp³-hybridized carbons (Fsp3) is 0.682. The van der Waals surface area contributed by atoms with Crippen molar-refractivity contribution < 1.29 is 14.3 Å². The van der Waals surface area contributed by atoms with Crippen molar-refractivity contribution in [2.24, 2.45) is 0 Å². The summed E-state index contributed by atoms with van der Waals surface area (Å²) in [7, 11) is 0. The highest BCUT2D eigenvalue weighted by Gasteiger charge is 2.44. The van der Waals surface area contributed by atoms with E-state index in [2.05, 4.69) is 45.1 Å². The average molecular weight is 394 g/mol. The number of nitrogens with one attached hydrogen (secondary N) is 1. The third-order valence-electron chi connectivity index (χ3n) is 5.86. The van der Waals surface area contributed by atoms with E-state index in [0.717, 1.165) is 25.7 Å². The van der Waals surface area contributed by atoms with E-state index in [1.165, 1.54) is 5.56 Å². The van der Waals surface area contributed by atoms with Crippen LogP contribution in [0.4, 0.5) is 0 Å². The SMILES string of the molecule is CC1(C)C[C@H](NC(=O)C[C@]2(c3ccc(Cl)cc3)CCOC(C)(C)C2)CCO1. The average Bonchev–Trinajstić information content (AvgIpc) is 2.53. The summed E-state index contributed by atoms with van der Waals surface area (Å²) >= 11 is 6.10. The molecule has 4 nitrogen and oxygen atoms in total. The summed E-state index contributed by atoms with van der Waals surface area (Å²) in [4.78, 5) is 13.0. The first-order valence-electron chi connectivity index (χ1n) is 9.93. The van der Waals surface area contributed by atoms with Gasteiger partial charge in [-0.3, -0.25) is 4.79 Å². The van der Waals surface area contributed by atoms with Gasteiger partial charge in [0, 0.05) is 36.1 Å². The Morgan fingerprint density at radius 3 is 2.41 bits per heavy atom. The number of hydrogen-bond donors (Lipinski definition) is 1. The molecule has 1 aromatic carbocycles. The monoisotopic (exact) mass is 393 g/mol. The van der Waals surface area contributed by atoms with E-state index in [1.54, 1.807) is 0 Å². The number of hydrogen-bond acceptors (Lipinski definition) is 3. The van der Waals surface area contributed by atoms with Gasteiger partial charge >= 0.3 is 0 Å². The standard InChI is InChI=1S/C22H32ClNO3/c1-20(2)13-18(9-11-26-20)24-19(25)14-22(10-12-27-21(3,4)15-22)16-5-7-17(23)8-6-16/h5-8,18H,9-15H2,1-4H3,(H,24,25)/t18-,22-/m1/s1. The lowest BCUT2D eigenvalue weighted by molar-refractivity contribution is -0.129. The molecule has 5 heteroatoms. The molecule has 1 aromatic rings. The van der Waals surface area contributed by atoms with Crippen LogP contribution in [-0.2, 0) is 19.7 Å². The van der Waals surface area contributed by atoms with Crippen LogP contribution in [0.1, 0.15) is 65.4 Å². The molecule has 0 radical (unpaired) electrons. The predicted molar refractivity (Wildman–Crippen MR) is 108 cm³/mol. The molecular formula is C22H32ClNO3. The van der Waals surface area contributed by atoms with E-state index in [0.29, 0.717) is 24.7 Å². The lowest BCUT2D eigenvalue weighted by Crippen LogP contribution is -2.50. The van der Waals surface area contributed by atoms with Crippen molar-refractivity contribution in [2.45, 2.75) is 82.5 Å². The number of ether oxygens (including phenoxy) is 2. The maximum Gasteiger partial charge on any atom is 0.221 e. The van der Waals surface area contributed by atoms with E-state index in [4.69, 9.17) is 21.1 Å². The maximum atomic E-state index is 13.0. The highest BCUT2D eigenvalue weighted by Crippen LogP contribution is 2.44. The highest BCUT2D eigenvalue weighted by atomic mass is 35.5. The van der Waals surface area contributed by atoms with Gasteiger partial charge in [0.2, 0.25) is 5.91 Å². The molecule has 2 atom stereocenters. The fourth-order valence-corrected chi connectivity index (χ4v) is 4.85. The molecule has 2 fully saturated rings. The Balaban J connectivity index is 1.77. The Bertz CT molecular complexity index is 671. The third-order valence-corrected chi connectivity index (χ3v) is 6.11. The maximum absolute atomic E-state index is 13.0. The molecule has 0 unspecified atom stereocenters. The van der Waals surface area contributed by atoms with Crippen molar-refractivity contribution in [3.8, 4) is 0 Å². The van der Waals surface area contributed by atoms with Gasteiger partial charge in [0.15, 0.2) is 0 Å². The highest BCUT2D eigenvalue weighted by molar-refractivity contribution is 6.30. The van der Waals surface area contributed by atoms with Gasteiger partial charge in [0.1, 0.15) is 0 Å². The first-order valence-corrected chi connectivity index (χ1v) is 10.3. The molecule has 27 heavy (non-hydrogen) atoms. The molecule has 2 heterocycles. The zero-order chi connectivity index (χ0) is 19.7. The molecule has 2 aliphatic heterocycles. The Hall–Kier alpha value is -1.10. The van der Waals surface area contributed by atoms with Crippen LogP contribution in [0.5, 0.6) is 0 Å². The number of benzene rings is 1. The van der Waals surface area contributed by atoms with Crippen LogP contribution in [0.15, 0.2) is 24.3 Å². The Morgan fingerprint density at radius 2 is 1.78 bits per heavy atom. The number of carbonyl (C=O) groups is 1. The van der Waals surface area contributed by atoms with Crippen molar-refractivity contribution in [1.29, 1.82) is 0 Å². The largest absolute Gasteiger partial charge is 0.376 e. The van der Waals surface area contributed by atoms with Gasteiger partial charge in [-0.2, -0.15) is 0 Å². The van der Waals surface area contributed by atoms with Crippen LogP contribution in [-0.4, -0.2) is 36.4 Å². The second-order valence-corrected chi connectivity index (χ2v) is 9.80. The lowest BCUT2D eigenvalue weighted by Gasteiger charge is -2.45. The smallest absolute Gasteiger partial charge is 0.221 e. The number of rotatable bonds is 4. The summed E-state index contributed by atoms with van der Waals surface area (Å²) in [5.41, 5.74) is 0.520. The third kappa shape index (κ3) is 5.24. The topological polar surface area (TPSA) is 47.6 Å². The van der Waals surface area contributed by atoms with Gasteiger partial charge in [-0.05, 0) is 71.1 Å². The second kappa shape index (κ2) is 7.73. The van der Waals surface area contributed by atoms with Gasteiger partial charge in [-0.15, -0.1) is 0 Å². The molecule has 150 valence electrons. The predicted octanol–water partition coefficient (Wildman–Crippen LogP) is 4.63. The van der Waals surface area contributed by atoms with Crippen LogP contribution in [0.2, 0.25) is 5.02 Å². The zero-order valence-corrected chi connectivity index (χ0v) is 17.7. The summed E-state index contributed by atoms with van der Waals surface area (Å²) in [6.07, 6.45) is 3.84. The molecule has 0 spiro atoms. The molecule has 0 aliphatic carbocycles. The summed E-state index contributed by atoms with van der Waals surface area (Å²) < 4.78 is 11.7. The van der Waals surface area contributed by atoms with Gasteiger partial charge in [0.05, 0.1) is 11.2 Å². The lowest BCUT2D eigenvalue weighted by atomic mass is 9.67. The van der Waals surface area contributed by atoms with E-state index in [9.17, 15) is 4.79 Å². The van der Waals surface area contributed by atoms with Crippen LogP contribution >= 0.6 is 11.6 Å². The molecule has 2 saturated heterocycles. The molecule has 0 bridgehead atoms. The van der Waals surface area contributed by atoms with Gasteiger partial charge in [0.25, 0.3) is 0 Å². The van der Waals surface area contributed by atoms with E-state index >= 15 is 0 Å². The van der Waals surface area contributed by atoms with Gasteiger partial charge in [-0.25, -0.2) is 0 Å². The zero-order valence-electron chi connectivity index (χ0n) is 16.9. The van der Waals surface area contributed by atoms with Crippen LogP contribution in [0.3, 0.4) is 0 Å². The quantitative estimate of drug-likeness (QED) is 0.811. The van der Waals surface area contributed by atoms with Crippen molar-refractivity contribution in [2.75, 3.05) is 13.2 Å². The minimum Gasteiger partial charge on any atom is -0.376 e. The Morgan fingerprint density at radius 1 is 1.11 bits per heavy atom. The number of carbonyl (C=O) groups excluding carboxylic acids is 1. The van der Waals surface area contributed by atoms with Crippen LogP contribution in [0.25, 0.3) is 0 Å². The Labute approximate surface area is 168 Å². The van der Waals surface area contributed by atoms with E-state index in [-0.39, 0.29) is 28.6 Å². The number of halogens is 1. The molecule has 2 aliphatic rings. The summed E-state index contributed by atoms with van der Waals surface area (Å²) in [6.45, 7) is 9.74. The van der Waals surface area contributed by atoms with Crippen molar-refractivity contribution in [1.82, 2.24) is 5.32 Å². The summed E-state index contributed by atoms with van der Waals surface area (Å²) in [5, 5.41) is 3.99. The van der Waals surface area contributed by atoms with Crippen molar-refractivity contribution in [3.05, 3.63) is 34.9 Å². The Kier molecular flexibility index (Phi) is 5.90. The first kappa shape index (κ1) is 20.6. The van der Waals surface area contributed by atoms with Gasteiger partial charge in [-0.1, -0.05) is 23.7 Å². The molecule has 1 amide bonds. The van der Waals surface area contributed by atoms with Crippen molar-refractivity contribution >= 4 is 17.5 Å². The molecule has 0 saturated carbocycles. The summed E-state index contributed by atoms with van der Waals surface area (Å²) in [6, 6.07) is 8.14. The molecule has 3 rings (SSSR count). The summed E-state index contributed by atoms with van der Waals surface area (Å²) in [5.74, 6) is 0.116. The van der Waals surface area contributed by atoms with Crippen LogP contribution in [0, 0.1) is 0 Å². The van der Waals surface area contributed by atoms with Crippen molar-refractivity contribution in [3.63, 3.8) is 0 Å². The van der Waals surface area contributed by atoms with Gasteiger partial charge < -0.3 is 14.8 Å². The molecular weight excluding hydrogens is 362 g/mol. The first-order chi connectivity index (χ1) is 12.6. The number of amides is 1. The fourth-order valence-electron chi connectivity index (χ4n) is 4.72. The van der Waals surface area contributed by atoms with E-state index < -0.39 is 0 Å². The van der Waals surface area contributed by atoms with E-state index in [1.807, 2.05) is 12.1 Å². The van der Waals surface area contributed by atoms with Crippen LogP contribution < -0.4 is 5.32 Å². The minimum atomic E-state index is -0.251. The minimum absolute atomic E-state index is 0.116. The second-order valence-electron chi connectivity index (χ2n) is 9.36. The normalized spacial score (nSPS) is 29.9. The molecule has 0 aromatic heterocycles.